The lowest BCUT2D eigenvalue weighted by Gasteiger charge is -2.34. The van der Waals surface area contributed by atoms with Crippen LogP contribution in [0, 0.1) is 5.92 Å². The van der Waals surface area contributed by atoms with Crippen molar-refractivity contribution >= 4 is 52.0 Å². The number of aliphatic carboxylic acids is 1. The number of primary amides is 1. The van der Waals surface area contributed by atoms with Crippen molar-refractivity contribution < 1.29 is 24.2 Å². The van der Waals surface area contributed by atoms with Gasteiger partial charge in [0, 0.05) is 47.6 Å². The summed E-state index contributed by atoms with van der Waals surface area (Å²) >= 11 is 1.33. The molecule has 4 N–H and O–H groups in total. The van der Waals surface area contributed by atoms with Crippen molar-refractivity contribution in [1.82, 2.24) is 14.4 Å². The summed E-state index contributed by atoms with van der Waals surface area (Å²) in [5.41, 5.74) is 5.93. The van der Waals surface area contributed by atoms with Crippen LogP contribution in [0.15, 0.2) is 34.6 Å². The first-order chi connectivity index (χ1) is 18.4. The lowest BCUT2D eigenvalue weighted by atomic mass is 9.93. The summed E-state index contributed by atoms with van der Waals surface area (Å²) in [5, 5.41) is 14.3. The fraction of sp³-hybridized carbons (Fsp3) is 0.385. The van der Waals surface area contributed by atoms with Gasteiger partial charge < -0.3 is 20.5 Å². The Kier molecular flexibility index (Phi) is 8.00. The average Bonchev–Trinajstić information content (AvgIpc) is 3.35. The van der Waals surface area contributed by atoms with Crippen LogP contribution in [0.4, 0.5) is 15.7 Å². The molecule has 0 saturated carbocycles. The van der Waals surface area contributed by atoms with Gasteiger partial charge in [-0.25, -0.2) is 19.6 Å². The molecule has 3 aromatic heterocycles. The van der Waals surface area contributed by atoms with Crippen molar-refractivity contribution in [2.75, 3.05) is 29.9 Å². The van der Waals surface area contributed by atoms with Gasteiger partial charge in [-0.2, -0.15) is 0 Å². The molecule has 4 heterocycles. The maximum atomic E-state index is 13.4. The molecule has 0 spiro atoms. The molecular weight excluding hydrogens is 524 g/mol. The number of pyridine rings is 1. The number of anilines is 2. The Bertz CT molecular complexity index is 1500. The number of amides is 2. The molecule has 1 aliphatic heterocycles. The quantitative estimate of drug-likeness (QED) is 0.371. The number of hydrogen-bond acceptors (Lipinski definition) is 9. The zero-order valence-corrected chi connectivity index (χ0v) is 22.7. The molecular formula is C26H30N6O6S. The van der Waals surface area contributed by atoms with Gasteiger partial charge in [0.25, 0.3) is 11.5 Å². The number of nitrogens with one attached hydrogen (secondary N) is 1. The maximum Gasteiger partial charge on any atom is 0.404 e. The summed E-state index contributed by atoms with van der Waals surface area (Å²) in [4.78, 5) is 59.7. The van der Waals surface area contributed by atoms with E-state index in [-0.39, 0.29) is 40.5 Å². The van der Waals surface area contributed by atoms with Gasteiger partial charge in [0.15, 0.2) is 5.13 Å². The lowest BCUT2D eigenvalue weighted by molar-refractivity contribution is -0.131. The number of piperidine rings is 1. The second kappa shape index (κ2) is 11.2. The van der Waals surface area contributed by atoms with Crippen LogP contribution < -0.4 is 21.5 Å². The number of carboxylic acid groups (broad SMARTS) is 1. The topological polar surface area (TPSA) is 169 Å². The summed E-state index contributed by atoms with van der Waals surface area (Å²) in [6.07, 6.45) is 4.20. The summed E-state index contributed by atoms with van der Waals surface area (Å²) in [5.74, 6) is -1.37. The van der Waals surface area contributed by atoms with Crippen molar-refractivity contribution in [1.29, 1.82) is 0 Å². The SMILES string of the molecule is CC(C)(C)c1csc(NC(=O)c2ccn3c(=O)c(C=CC(=O)O)c(N4CCCC(COC(N)=O)C4)nc3c2)n1. The fourth-order valence-corrected chi connectivity index (χ4v) is 5.19. The second-order valence-electron chi connectivity index (χ2n) is 10.3. The predicted octanol–water partition coefficient (Wildman–Crippen LogP) is 3.11. The summed E-state index contributed by atoms with van der Waals surface area (Å²) in [6.45, 7) is 7.21. The number of nitrogens with two attached hydrogens (primary N) is 1. The molecule has 1 aliphatic rings. The molecule has 1 unspecified atom stereocenters. The summed E-state index contributed by atoms with van der Waals surface area (Å²) < 4.78 is 6.23. The van der Waals surface area contributed by atoms with Crippen LogP contribution in [0.25, 0.3) is 11.7 Å². The van der Waals surface area contributed by atoms with Gasteiger partial charge in [-0.15, -0.1) is 11.3 Å². The predicted molar refractivity (Wildman–Crippen MR) is 147 cm³/mol. The normalized spacial score (nSPS) is 16.0. The largest absolute Gasteiger partial charge is 0.478 e. The number of hydrogen-bond donors (Lipinski definition) is 3. The van der Waals surface area contributed by atoms with Gasteiger partial charge in [0.05, 0.1) is 17.9 Å². The minimum atomic E-state index is -1.21. The molecule has 0 radical (unpaired) electrons. The Morgan fingerprint density at radius 1 is 1.31 bits per heavy atom. The standard InChI is InChI=1S/C26H30N6O6S/c1-26(2,3)18-14-39-25(28-18)30-22(35)16-8-10-32-19(11-16)29-21(17(23(32)36)6-7-20(33)34)31-9-4-5-15(12-31)13-38-24(27)37/h6-8,10-11,14-15H,4-5,9,12-13H2,1-3H3,(H2,27,37)(H,33,34)(H,28,30,35). The Hall–Kier alpha value is -4.26. The molecule has 0 aromatic carbocycles. The molecule has 206 valence electrons. The molecule has 4 rings (SSSR count). The fourth-order valence-electron chi connectivity index (χ4n) is 4.26. The minimum Gasteiger partial charge on any atom is -0.478 e. The Labute approximate surface area is 228 Å². The highest BCUT2D eigenvalue weighted by Gasteiger charge is 2.26. The first-order valence-electron chi connectivity index (χ1n) is 12.3. The van der Waals surface area contributed by atoms with E-state index >= 15 is 0 Å². The van der Waals surface area contributed by atoms with Crippen LogP contribution in [0.5, 0.6) is 0 Å². The van der Waals surface area contributed by atoms with Crippen LogP contribution in [0.1, 0.15) is 55.2 Å². The molecule has 3 aromatic rings. The molecule has 39 heavy (non-hydrogen) atoms. The van der Waals surface area contributed by atoms with Gasteiger partial charge in [-0.1, -0.05) is 20.8 Å². The molecule has 0 aliphatic carbocycles. The third kappa shape index (κ3) is 6.60. The van der Waals surface area contributed by atoms with E-state index in [2.05, 4.69) is 15.3 Å². The van der Waals surface area contributed by atoms with Crippen LogP contribution in [0.2, 0.25) is 0 Å². The Morgan fingerprint density at radius 3 is 2.74 bits per heavy atom. The van der Waals surface area contributed by atoms with Gasteiger partial charge in [-0.3, -0.25) is 19.3 Å². The number of carbonyl (C=O) groups excluding carboxylic acids is 2. The third-order valence-electron chi connectivity index (χ3n) is 6.27. The number of fused-ring (bicyclic) bond motifs is 1. The maximum absolute atomic E-state index is 13.4. The number of rotatable bonds is 7. The van der Waals surface area contributed by atoms with Crippen molar-refractivity contribution in [2.24, 2.45) is 11.7 Å². The van der Waals surface area contributed by atoms with Crippen molar-refractivity contribution in [3.05, 3.63) is 57.0 Å². The van der Waals surface area contributed by atoms with E-state index in [1.807, 2.05) is 31.1 Å². The van der Waals surface area contributed by atoms with Gasteiger partial charge >= 0.3 is 12.1 Å². The van der Waals surface area contributed by atoms with E-state index in [1.165, 1.54) is 40.1 Å². The van der Waals surface area contributed by atoms with Gasteiger partial charge in [-0.05, 0) is 31.1 Å². The Morgan fingerprint density at radius 2 is 2.08 bits per heavy atom. The zero-order chi connectivity index (χ0) is 28.3. The first kappa shape index (κ1) is 27.8. The van der Waals surface area contributed by atoms with E-state index in [0.717, 1.165) is 24.6 Å². The minimum absolute atomic E-state index is 0.0452. The van der Waals surface area contributed by atoms with Gasteiger partial charge in [0.2, 0.25) is 0 Å². The number of thiazole rings is 1. The summed E-state index contributed by atoms with van der Waals surface area (Å²) in [7, 11) is 0. The van der Waals surface area contributed by atoms with E-state index < -0.39 is 23.5 Å². The first-order valence-corrected chi connectivity index (χ1v) is 13.2. The smallest absolute Gasteiger partial charge is 0.404 e. The van der Waals surface area contributed by atoms with E-state index in [9.17, 15) is 24.3 Å². The zero-order valence-electron chi connectivity index (χ0n) is 21.8. The Balaban J connectivity index is 1.69. The average molecular weight is 555 g/mol. The van der Waals surface area contributed by atoms with Crippen molar-refractivity contribution in [3.63, 3.8) is 0 Å². The van der Waals surface area contributed by atoms with Crippen LogP contribution >= 0.6 is 11.3 Å². The second-order valence-corrected chi connectivity index (χ2v) is 11.2. The number of carbonyl (C=O) groups is 3. The number of carboxylic acids is 1. The van der Waals surface area contributed by atoms with Crippen LogP contribution in [-0.2, 0) is 14.9 Å². The monoisotopic (exact) mass is 554 g/mol. The third-order valence-corrected chi connectivity index (χ3v) is 7.03. The van der Waals surface area contributed by atoms with Crippen LogP contribution in [0.3, 0.4) is 0 Å². The van der Waals surface area contributed by atoms with E-state index in [0.29, 0.717) is 18.2 Å². The molecule has 1 atom stereocenters. The van der Waals surface area contributed by atoms with Crippen molar-refractivity contribution in [2.45, 2.75) is 39.0 Å². The van der Waals surface area contributed by atoms with E-state index in [1.54, 1.807) is 0 Å². The molecule has 12 nitrogen and oxygen atoms in total. The summed E-state index contributed by atoms with van der Waals surface area (Å²) in [6, 6.07) is 2.99. The highest BCUT2D eigenvalue weighted by Crippen LogP contribution is 2.27. The molecule has 1 saturated heterocycles. The lowest BCUT2D eigenvalue weighted by Crippen LogP contribution is -2.40. The number of ether oxygens (including phenoxy) is 1. The van der Waals surface area contributed by atoms with E-state index in [4.69, 9.17) is 10.5 Å². The van der Waals surface area contributed by atoms with Gasteiger partial charge in [0.1, 0.15) is 11.5 Å². The number of nitrogens with zero attached hydrogens (tertiary/aromatic N) is 4. The molecule has 2 amide bonds. The highest BCUT2D eigenvalue weighted by atomic mass is 32.1. The number of aromatic nitrogens is 3. The highest BCUT2D eigenvalue weighted by molar-refractivity contribution is 7.14. The van der Waals surface area contributed by atoms with Crippen molar-refractivity contribution in [3.8, 4) is 0 Å². The molecule has 0 bridgehead atoms. The molecule has 1 fully saturated rings. The molecule has 13 heteroatoms. The van der Waals surface area contributed by atoms with Crippen LogP contribution in [-0.4, -0.2) is 57.1 Å².